The molecule has 1 heterocycles. The minimum absolute atomic E-state index is 0.000787. The van der Waals surface area contributed by atoms with Crippen molar-refractivity contribution in [3.8, 4) is 11.1 Å². The van der Waals surface area contributed by atoms with Crippen LogP contribution in [0.4, 0.5) is 0 Å². The molecule has 6 nitrogen and oxygen atoms in total. The highest BCUT2D eigenvalue weighted by Gasteiger charge is 2.48. The first kappa shape index (κ1) is 24.4. The fourth-order valence-electron chi connectivity index (χ4n) is 5.82. The van der Waals surface area contributed by atoms with Gasteiger partial charge >= 0.3 is 5.97 Å². The van der Waals surface area contributed by atoms with Crippen LogP contribution in [-0.4, -0.2) is 34.3 Å². The van der Waals surface area contributed by atoms with Gasteiger partial charge in [0.15, 0.2) is 0 Å². The lowest BCUT2D eigenvalue weighted by Crippen LogP contribution is -2.40. The van der Waals surface area contributed by atoms with Crippen LogP contribution in [0.25, 0.3) is 11.1 Å². The maximum Gasteiger partial charge on any atom is 0.335 e. The van der Waals surface area contributed by atoms with Crippen molar-refractivity contribution < 1.29 is 19.5 Å². The largest absolute Gasteiger partial charge is 0.478 e. The van der Waals surface area contributed by atoms with Crippen LogP contribution >= 0.6 is 0 Å². The maximum atomic E-state index is 13.2. The predicted molar refractivity (Wildman–Crippen MR) is 144 cm³/mol. The number of hydrogen-bond acceptors (Lipinski definition) is 3. The zero-order valence-corrected chi connectivity index (χ0v) is 21.6. The molecule has 3 aromatic rings. The van der Waals surface area contributed by atoms with E-state index in [0.717, 1.165) is 47.1 Å². The first-order chi connectivity index (χ1) is 18.3. The number of benzene rings is 3. The Morgan fingerprint density at radius 2 is 1.79 bits per heavy atom. The zero-order valence-electron chi connectivity index (χ0n) is 21.6. The molecule has 2 fully saturated rings. The number of nitrogens with zero attached hydrogens (tertiary/aromatic N) is 1. The van der Waals surface area contributed by atoms with Gasteiger partial charge in [0.25, 0.3) is 0 Å². The van der Waals surface area contributed by atoms with E-state index < -0.39 is 5.97 Å². The molecule has 3 aliphatic rings. The van der Waals surface area contributed by atoms with E-state index in [-0.39, 0.29) is 34.6 Å². The summed E-state index contributed by atoms with van der Waals surface area (Å²) in [6.07, 6.45) is 3.44. The number of amides is 2. The minimum atomic E-state index is -0.955. The molecule has 1 aliphatic heterocycles. The van der Waals surface area contributed by atoms with E-state index in [0.29, 0.717) is 26.1 Å². The fraction of sp³-hybridized carbons (Fsp3) is 0.344. The van der Waals surface area contributed by atoms with Crippen LogP contribution in [0.3, 0.4) is 0 Å². The SMILES string of the molecule is CC1(C(=O)N2CCc3c(-c4cccc(C(=O)O)c4)ccc(CNC(=O)[C@H]4C[C@H]4c4ccccc4)c3C2)CC1. The molecule has 38 heavy (non-hydrogen) atoms. The second-order valence-electron chi connectivity index (χ2n) is 11.2. The molecule has 0 spiro atoms. The highest BCUT2D eigenvalue weighted by atomic mass is 16.4. The Labute approximate surface area is 222 Å². The second kappa shape index (κ2) is 9.43. The fourth-order valence-corrected chi connectivity index (χ4v) is 5.82. The van der Waals surface area contributed by atoms with E-state index in [1.54, 1.807) is 18.2 Å². The van der Waals surface area contributed by atoms with Gasteiger partial charge in [-0.3, -0.25) is 9.59 Å². The molecular formula is C32H32N2O4. The molecule has 2 aliphatic carbocycles. The van der Waals surface area contributed by atoms with Crippen molar-refractivity contribution in [2.75, 3.05) is 6.54 Å². The maximum absolute atomic E-state index is 13.2. The van der Waals surface area contributed by atoms with Gasteiger partial charge in [-0.15, -0.1) is 0 Å². The van der Waals surface area contributed by atoms with Gasteiger partial charge in [-0.05, 0) is 77.1 Å². The van der Waals surface area contributed by atoms with Crippen LogP contribution < -0.4 is 5.32 Å². The predicted octanol–water partition coefficient (Wildman–Crippen LogP) is 5.16. The Kier molecular flexibility index (Phi) is 6.05. The van der Waals surface area contributed by atoms with Gasteiger partial charge in [0.1, 0.15) is 0 Å². The molecule has 6 heteroatoms. The number of fused-ring (bicyclic) bond motifs is 1. The number of nitrogens with one attached hydrogen (secondary N) is 1. The Bertz CT molecular complexity index is 1430. The molecular weight excluding hydrogens is 476 g/mol. The van der Waals surface area contributed by atoms with Gasteiger partial charge in [0.2, 0.25) is 11.8 Å². The molecule has 2 amide bonds. The summed E-state index contributed by atoms with van der Waals surface area (Å²) in [5.74, 6) is -0.399. The van der Waals surface area contributed by atoms with Gasteiger partial charge < -0.3 is 15.3 Å². The van der Waals surface area contributed by atoms with Crippen LogP contribution in [0.1, 0.15) is 64.7 Å². The summed E-state index contributed by atoms with van der Waals surface area (Å²) < 4.78 is 0. The topological polar surface area (TPSA) is 86.7 Å². The van der Waals surface area contributed by atoms with Crippen molar-refractivity contribution in [1.82, 2.24) is 10.2 Å². The summed E-state index contributed by atoms with van der Waals surface area (Å²) in [4.78, 5) is 39.8. The molecule has 194 valence electrons. The van der Waals surface area contributed by atoms with E-state index in [2.05, 4.69) is 17.4 Å². The average molecular weight is 509 g/mol. The lowest BCUT2D eigenvalue weighted by Gasteiger charge is -2.33. The van der Waals surface area contributed by atoms with E-state index >= 15 is 0 Å². The monoisotopic (exact) mass is 508 g/mol. The van der Waals surface area contributed by atoms with Gasteiger partial charge in [-0.1, -0.05) is 61.5 Å². The lowest BCUT2D eigenvalue weighted by molar-refractivity contribution is -0.137. The van der Waals surface area contributed by atoms with Crippen molar-refractivity contribution in [1.29, 1.82) is 0 Å². The highest BCUT2D eigenvalue weighted by molar-refractivity contribution is 5.90. The summed E-state index contributed by atoms with van der Waals surface area (Å²) in [5.41, 5.74) is 6.30. The summed E-state index contributed by atoms with van der Waals surface area (Å²) >= 11 is 0. The van der Waals surface area contributed by atoms with Crippen molar-refractivity contribution in [2.24, 2.45) is 11.3 Å². The third-order valence-corrected chi connectivity index (χ3v) is 8.54. The van der Waals surface area contributed by atoms with E-state index in [9.17, 15) is 19.5 Å². The van der Waals surface area contributed by atoms with Crippen molar-refractivity contribution >= 4 is 17.8 Å². The first-order valence-electron chi connectivity index (χ1n) is 13.4. The molecule has 0 aromatic heterocycles. The van der Waals surface area contributed by atoms with E-state index in [1.807, 2.05) is 48.2 Å². The van der Waals surface area contributed by atoms with Gasteiger partial charge in [-0.25, -0.2) is 4.79 Å². The van der Waals surface area contributed by atoms with Gasteiger partial charge in [0.05, 0.1) is 5.56 Å². The van der Waals surface area contributed by atoms with Crippen molar-refractivity contribution in [3.05, 3.63) is 94.5 Å². The summed E-state index contributed by atoms with van der Waals surface area (Å²) in [6.45, 7) is 3.60. The van der Waals surface area contributed by atoms with Crippen LogP contribution in [0.15, 0.2) is 66.7 Å². The number of aromatic carboxylic acids is 1. The Balaban J connectivity index is 1.26. The third-order valence-electron chi connectivity index (χ3n) is 8.54. The van der Waals surface area contributed by atoms with Gasteiger partial charge in [-0.2, -0.15) is 0 Å². The molecule has 0 bridgehead atoms. The number of hydrogen-bond donors (Lipinski definition) is 2. The average Bonchev–Trinajstić information content (AvgIpc) is 3.88. The number of rotatable bonds is 7. The van der Waals surface area contributed by atoms with Crippen LogP contribution in [0, 0.1) is 11.3 Å². The third kappa shape index (κ3) is 4.60. The molecule has 2 N–H and O–H groups in total. The van der Waals surface area contributed by atoms with Crippen molar-refractivity contribution in [2.45, 2.75) is 51.6 Å². The summed E-state index contributed by atoms with van der Waals surface area (Å²) in [5, 5.41) is 12.7. The molecule has 0 saturated heterocycles. The van der Waals surface area contributed by atoms with Crippen LogP contribution in [0.5, 0.6) is 0 Å². The molecule has 0 unspecified atom stereocenters. The first-order valence-corrected chi connectivity index (χ1v) is 13.4. The van der Waals surface area contributed by atoms with E-state index in [1.165, 1.54) is 5.56 Å². The summed E-state index contributed by atoms with van der Waals surface area (Å²) in [7, 11) is 0. The minimum Gasteiger partial charge on any atom is -0.478 e. The number of carbonyl (C=O) groups is 3. The zero-order chi connectivity index (χ0) is 26.4. The van der Waals surface area contributed by atoms with Crippen molar-refractivity contribution in [3.63, 3.8) is 0 Å². The number of carboxylic acid groups (broad SMARTS) is 1. The Morgan fingerprint density at radius 1 is 1.00 bits per heavy atom. The van der Waals surface area contributed by atoms with E-state index in [4.69, 9.17) is 0 Å². The molecule has 6 rings (SSSR count). The summed E-state index contributed by atoms with van der Waals surface area (Å²) in [6, 6.07) is 21.2. The highest BCUT2D eigenvalue weighted by Crippen LogP contribution is 2.48. The van der Waals surface area contributed by atoms with Crippen LogP contribution in [-0.2, 0) is 29.1 Å². The molecule has 2 saturated carbocycles. The second-order valence-corrected chi connectivity index (χ2v) is 11.2. The smallest absolute Gasteiger partial charge is 0.335 e. The number of carboxylic acids is 1. The standard InChI is InChI=1S/C32H32N2O4/c1-32(13-14-32)31(38)34-15-12-25-24(21-8-5-9-22(16-21)30(36)37)11-10-23(28(25)19-34)18-33-29(35)27-17-26(27)20-6-3-2-4-7-20/h2-11,16,26-27H,12-15,17-19H2,1H3,(H,33,35)(H,36,37)/t26-,27-/m0/s1. The molecule has 0 radical (unpaired) electrons. The number of carbonyl (C=O) groups excluding carboxylic acids is 2. The molecule has 2 atom stereocenters. The van der Waals surface area contributed by atoms with Crippen LogP contribution in [0.2, 0.25) is 0 Å². The molecule has 3 aromatic carbocycles. The normalized spacial score (nSPS) is 20.8. The quantitative estimate of drug-likeness (QED) is 0.462. The Morgan fingerprint density at radius 3 is 2.53 bits per heavy atom. The Hall–Kier alpha value is -3.93. The van der Waals surface area contributed by atoms with Gasteiger partial charge in [0, 0.05) is 31.0 Å². The lowest BCUT2D eigenvalue weighted by atomic mass is 9.86.